The Bertz CT molecular complexity index is 547. The molecular formula is C16H22N2O4. The average molecular weight is 306 g/mol. The van der Waals surface area contributed by atoms with E-state index in [-0.39, 0.29) is 18.4 Å². The molecule has 2 amide bonds. The molecule has 2 rings (SSSR count). The van der Waals surface area contributed by atoms with Crippen LogP contribution in [-0.4, -0.2) is 56.2 Å². The third-order valence-electron chi connectivity index (χ3n) is 3.68. The van der Waals surface area contributed by atoms with Crippen LogP contribution in [0.4, 0.5) is 5.69 Å². The summed E-state index contributed by atoms with van der Waals surface area (Å²) in [7, 11) is 1.47. The zero-order valence-electron chi connectivity index (χ0n) is 13.2. The van der Waals surface area contributed by atoms with E-state index in [0.717, 1.165) is 11.4 Å². The van der Waals surface area contributed by atoms with Crippen molar-refractivity contribution in [3.05, 3.63) is 24.3 Å². The molecule has 0 saturated carbocycles. The highest BCUT2D eigenvalue weighted by Gasteiger charge is 2.34. The van der Waals surface area contributed by atoms with Crippen molar-refractivity contribution in [3.63, 3.8) is 0 Å². The first-order valence-corrected chi connectivity index (χ1v) is 7.41. The molecule has 0 aromatic heterocycles. The van der Waals surface area contributed by atoms with Crippen molar-refractivity contribution >= 4 is 17.5 Å². The molecule has 0 bridgehead atoms. The van der Waals surface area contributed by atoms with Crippen LogP contribution >= 0.6 is 0 Å². The number of ether oxygens (including phenoxy) is 2. The summed E-state index contributed by atoms with van der Waals surface area (Å²) >= 11 is 0. The van der Waals surface area contributed by atoms with Gasteiger partial charge in [-0.2, -0.15) is 0 Å². The van der Waals surface area contributed by atoms with Crippen molar-refractivity contribution in [3.8, 4) is 5.75 Å². The minimum Gasteiger partial charge on any atom is -0.494 e. The van der Waals surface area contributed by atoms with E-state index in [9.17, 15) is 9.59 Å². The number of benzene rings is 1. The molecule has 0 radical (unpaired) electrons. The number of rotatable bonds is 5. The van der Waals surface area contributed by atoms with Gasteiger partial charge < -0.3 is 19.3 Å². The van der Waals surface area contributed by atoms with Crippen LogP contribution in [0.1, 0.15) is 13.8 Å². The Labute approximate surface area is 130 Å². The van der Waals surface area contributed by atoms with E-state index in [2.05, 4.69) is 0 Å². The summed E-state index contributed by atoms with van der Waals surface area (Å²) in [5, 5.41) is 0. The number of amides is 2. The first kappa shape index (κ1) is 16.3. The average Bonchev–Trinajstić information content (AvgIpc) is 2.50. The Morgan fingerprint density at radius 3 is 2.82 bits per heavy atom. The number of nitrogens with zero attached hydrogens (tertiary/aromatic N) is 2. The Morgan fingerprint density at radius 1 is 1.36 bits per heavy atom. The van der Waals surface area contributed by atoms with Gasteiger partial charge in [-0.15, -0.1) is 0 Å². The molecule has 1 heterocycles. The summed E-state index contributed by atoms with van der Waals surface area (Å²) in [6.07, 6.45) is 0. The molecule has 1 atom stereocenters. The second kappa shape index (κ2) is 7.26. The fraction of sp³-hybridized carbons (Fsp3) is 0.500. The first-order valence-electron chi connectivity index (χ1n) is 7.41. The lowest BCUT2D eigenvalue weighted by Gasteiger charge is -2.39. The van der Waals surface area contributed by atoms with Crippen molar-refractivity contribution in [1.29, 1.82) is 0 Å². The van der Waals surface area contributed by atoms with Crippen LogP contribution in [-0.2, 0) is 14.3 Å². The van der Waals surface area contributed by atoms with Gasteiger partial charge in [0.15, 0.2) is 0 Å². The molecule has 1 aliphatic rings. The van der Waals surface area contributed by atoms with Crippen molar-refractivity contribution < 1.29 is 19.1 Å². The van der Waals surface area contributed by atoms with Gasteiger partial charge in [0.2, 0.25) is 11.8 Å². The quantitative estimate of drug-likeness (QED) is 0.822. The number of hydrogen-bond donors (Lipinski definition) is 0. The van der Waals surface area contributed by atoms with E-state index in [0.29, 0.717) is 19.7 Å². The van der Waals surface area contributed by atoms with Gasteiger partial charge in [-0.1, -0.05) is 6.07 Å². The van der Waals surface area contributed by atoms with Gasteiger partial charge in [0.25, 0.3) is 0 Å². The zero-order valence-corrected chi connectivity index (χ0v) is 13.2. The summed E-state index contributed by atoms with van der Waals surface area (Å²) < 4.78 is 10.3. The fourth-order valence-electron chi connectivity index (χ4n) is 2.58. The van der Waals surface area contributed by atoms with E-state index in [1.165, 1.54) is 7.11 Å². The lowest BCUT2D eigenvalue weighted by atomic mass is 10.1. The molecule has 6 nitrogen and oxygen atoms in total. The third kappa shape index (κ3) is 3.39. The van der Waals surface area contributed by atoms with Crippen molar-refractivity contribution in [2.45, 2.75) is 19.9 Å². The predicted octanol–water partition coefficient (Wildman–Crippen LogP) is 1.30. The van der Waals surface area contributed by atoms with Crippen LogP contribution in [0.15, 0.2) is 24.3 Å². The second-order valence-corrected chi connectivity index (χ2v) is 5.12. The molecule has 6 heteroatoms. The maximum atomic E-state index is 12.6. The van der Waals surface area contributed by atoms with E-state index in [1.54, 1.807) is 16.7 Å². The number of hydrogen-bond acceptors (Lipinski definition) is 4. The topological polar surface area (TPSA) is 59.1 Å². The van der Waals surface area contributed by atoms with Gasteiger partial charge in [-0.25, -0.2) is 0 Å². The largest absolute Gasteiger partial charge is 0.494 e. The highest BCUT2D eigenvalue weighted by atomic mass is 16.5. The van der Waals surface area contributed by atoms with Crippen LogP contribution < -0.4 is 9.64 Å². The Morgan fingerprint density at radius 2 is 2.14 bits per heavy atom. The summed E-state index contributed by atoms with van der Waals surface area (Å²) in [6.45, 7) is 5.20. The minimum absolute atomic E-state index is 0.00253. The molecule has 22 heavy (non-hydrogen) atoms. The Hall–Kier alpha value is -2.08. The number of anilines is 1. The van der Waals surface area contributed by atoms with Crippen LogP contribution in [0.2, 0.25) is 0 Å². The number of methoxy groups -OCH3 is 1. The Balaban J connectivity index is 2.14. The summed E-state index contributed by atoms with van der Waals surface area (Å²) in [6, 6.07) is 6.95. The lowest BCUT2D eigenvalue weighted by Crippen LogP contribution is -2.58. The van der Waals surface area contributed by atoms with E-state index < -0.39 is 6.04 Å². The lowest BCUT2D eigenvalue weighted by molar-refractivity contribution is -0.143. The summed E-state index contributed by atoms with van der Waals surface area (Å²) in [4.78, 5) is 27.8. The molecule has 0 spiro atoms. The predicted molar refractivity (Wildman–Crippen MR) is 83.0 cm³/mol. The monoisotopic (exact) mass is 306 g/mol. The van der Waals surface area contributed by atoms with Gasteiger partial charge in [0, 0.05) is 32.0 Å². The molecule has 1 aromatic rings. The summed E-state index contributed by atoms with van der Waals surface area (Å²) in [5.74, 6) is 0.480. The molecule has 1 saturated heterocycles. The van der Waals surface area contributed by atoms with Crippen LogP contribution in [0.5, 0.6) is 5.75 Å². The summed E-state index contributed by atoms with van der Waals surface area (Å²) in [5.41, 5.74) is 0.793. The van der Waals surface area contributed by atoms with Gasteiger partial charge >= 0.3 is 0 Å². The van der Waals surface area contributed by atoms with Gasteiger partial charge in [-0.05, 0) is 26.0 Å². The normalized spacial score (nSPS) is 18.5. The molecule has 1 fully saturated rings. The molecule has 1 aromatic carbocycles. The van der Waals surface area contributed by atoms with Gasteiger partial charge in [0.05, 0.1) is 6.61 Å². The van der Waals surface area contributed by atoms with Crippen molar-refractivity contribution in [2.75, 3.05) is 38.3 Å². The van der Waals surface area contributed by atoms with E-state index in [4.69, 9.17) is 9.47 Å². The SMILES string of the molecule is CCOc1cccc(N2CCN(C(=O)COC)C(C)C2=O)c1. The van der Waals surface area contributed by atoms with Crippen LogP contribution in [0.25, 0.3) is 0 Å². The number of piperazine rings is 1. The highest BCUT2D eigenvalue weighted by Crippen LogP contribution is 2.24. The van der Waals surface area contributed by atoms with Gasteiger partial charge in [-0.3, -0.25) is 9.59 Å². The standard InChI is InChI=1S/C16H22N2O4/c1-4-22-14-7-5-6-13(10-14)18-9-8-17(12(2)16(18)20)15(19)11-21-3/h5-7,10,12H,4,8-9,11H2,1-3H3. The second-order valence-electron chi connectivity index (χ2n) is 5.12. The molecule has 0 N–H and O–H groups in total. The molecular weight excluding hydrogens is 284 g/mol. The number of carbonyl (C=O) groups is 2. The van der Waals surface area contributed by atoms with Crippen LogP contribution in [0, 0.1) is 0 Å². The smallest absolute Gasteiger partial charge is 0.249 e. The maximum Gasteiger partial charge on any atom is 0.249 e. The number of carbonyl (C=O) groups excluding carboxylic acids is 2. The van der Waals surface area contributed by atoms with Gasteiger partial charge in [0.1, 0.15) is 18.4 Å². The molecule has 1 unspecified atom stereocenters. The third-order valence-corrected chi connectivity index (χ3v) is 3.68. The first-order chi connectivity index (χ1) is 10.6. The van der Waals surface area contributed by atoms with Crippen molar-refractivity contribution in [1.82, 2.24) is 4.90 Å². The van der Waals surface area contributed by atoms with E-state index >= 15 is 0 Å². The Kier molecular flexibility index (Phi) is 5.38. The maximum absolute atomic E-state index is 12.6. The minimum atomic E-state index is -0.493. The van der Waals surface area contributed by atoms with E-state index in [1.807, 2.05) is 31.2 Å². The highest BCUT2D eigenvalue weighted by molar-refractivity contribution is 6.00. The molecule has 120 valence electrons. The van der Waals surface area contributed by atoms with Crippen molar-refractivity contribution in [2.24, 2.45) is 0 Å². The zero-order chi connectivity index (χ0) is 16.1. The van der Waals surface area contributed by atoms with Crippen LogP contribution in [0.3, 0.4) is 0 Å². The molecule has 1 aliphatic heterocycles. The fourth-order valence-corrected chi connectivity index (χ4v) is 2.58. The molecule has 0 aliphatic carbocycles.